The first-order valence-corrected chi connectivity index (χ1v) is 4.66. The van der Waals surface area contributed by atoms with Gasteiger partial charge in [0.25, 0.3) is 0 Å². The SMILES string of the molecule is C[C@@H]1CN=CN1Cc1ccccc1. The molecule has 2 heteroatoms. The van der Waals surface area contributed by atoms with Crippen molar-refractivity contribution >= 4 is 6.34 Å². The van der Waals surface area contributed by atoms with Gasteiger partial charge in [0.15, 0.2) is 0 Å². The molecular weight excluding hydrogens is 160 g/mol. The van der Waals surface area contributed by atoms with Crippen LogP contribution in [0.1, 0.15) is 12.5 Å². The molecule has 0 fully saturated rings. The zero-order valence-corrected chi connectivity index (χ0v) is 7.85. The van der Waals surface area contributed by atoms with Gasteiger partial charge in [-0.3, -0.25) is 4.99 Å². The average molecular weight is 174 g/mol. The van der Waals surface area contributed by atoms with Crippen molar-refractivity contribution in [1.82, 2.24) is 4.90 Å². The number of aliphatic imine (C=N–C) groups is 1. The van der Waals surface area contributed by atoms with Gasteiger partial charge in [-0.25, -0.2) is 0 Å². The molecule has 1 aliphatic rings. The van der Waals surface area contributed by atoms with E-state index in [0.717, 1.165) is 13.1 Å². The quantitative estimate of drug-likeness (QED) is 0.668. The summed E-state index contributed by atoms with van der Waals surface area (Å²) in [4.78, 5) is 6.52. The van der Waals surface area contributed by atoms with Crippen molar-refractivity contribution in [2.45, 2.75) is 19.5 Å². The van der Waals surface area contributed by atoms with Crippen LogP contribution in [0, 0.1) is 0 Å². The molecule has 0 saturated heterocycles. The summed E-state index contributed by atoms with van der Waals surface area (Å²) in [6.45, 7) is 4.12. The lowest BCUT2D eigenvalue weighted by atomic mass is 10.2. The number of rotatable bonds is 2. The number of benzene rings is 1. The first kappa shape index (κ1) is 8.30. The van der Waals surface area contributed by atoms with Crippen LogP contribution in [0.15, 0.2) is 35.3 Å². The van der Waals surface area contributed by atoms with E-state index >= 15 is 0 Å². The lowest BCUT2D eigenvalue weighted by molar-refractivity contribution is 0.365. The molecule has 0 amide bonds. The fourth-order valence-electron chi connectivity index (χ4n) is 1.51. The normalized spacial score (nSPS) is 21.0. The fourth-order valence-corrected chi connectivity index (χ4v) is 1.51. The molecule has 1 aromatic carbocycles. The minimum atomic E-state index is 0.556. The molecule has 0 spiro atoms. The maximum atomic E-state index is 4.24. The van der Waals surface area contributed by atoms with Crippen molar-refractivity contribution in [1.29, 1.82) is 0 Å². The van der Waals surface area contributed by atoms with Gasteiger partial charge in [0.2, 0.25) is 0 Å². The van der Waals surface area contributed by atoms with Crippen molar-refractivity contribution in [2.75, 3.05) is 6.54 Å². The smallest absolute Gasteiger partial charge is 0.0856 e. The van der Waals surface area contributed by atoms with Crippen LogP contribution in [-0.2, 0) is 6.54 Å². The van der Waals surface area contributed by atoms with E-state index in [9.17, 15) is 0 Å². The Balaban J connectivity index is 2.02. The zero-order chi connectivity index (χ0) is 9.10. The van der Waals surface area contributed by atoms with Crippen LogP contribution >= 0.6 is 0 Å². The summed E-state index contributed by atoms with van der Waals surface area (Å²) >= 11 is 0. The van der Waals surface area contributed by atoms with Gasteiger partial charge in [-0.1, -0.05) is 30.3 Å². The molecule has 0 N–H and O–H groups in total. The Bertz CT molecular complexity index is 292. The van der Waals surface area contributed by atoms with Crippen LogP contribution < -0.4 is 0 Å². The third-order valence-corrected chi connectivity index (χ3v) is 2.37. The summed E-state index contributed by atoms with van der Waals surface area (Å²) in [5.41, 5.74) is 1.35. The second-order valence-corrected chi connectivity index (χ2v) is 3.49. The Morgan fingerprint density at radius 2 is 2.15 bits per heavy atom. The molecule has 1 atom stereocenters. The number of nitrogens with zero attached hydrogens (tertiary/aromatic N) is 2. The Kier molecular flexibility index (Phi) is 2.30. The topological polar surface area (TPSA) is 15.6 Å². The minimum Gasteiger partial charge on any atom is -0.354 e. The lowest BCUT2D eigenvalue weighted by Gasteiger charge is -2.20. The molecule has 2 rings (SSSR count). The third-order valence-electron chi connectivity index (χ3n) is 2.37. The molecule has 13 heavy (non-hydrogen) atoms. The van der Waals surface area contributed by atoms with Gasteiger partial charge in [-0.15, -0.1) is 0 Å². The van der Waals surface area contributed by atoms with E-state index in [-0.39, 0.29) is 0 Å². The van der Waals surface area contributed by atoms with Crippen LogP contribution in [0.4, 0.5) is 0 Å². The van der Waals surface area contributed by atoms with Crippen LogP contribution in [0.3, 0.4) is 0 Å². The highest BCUT2D eigenvalue weighted by Crippen LogP contribution is 2.09. The fraction of sp³-hybridized carbons (Fsp3) is 0.364. The largest absolute Gasteiger partial charge is 0.354 e. The van der Waals surface area contributed by atoms with E-state index < -0.39 is 0 Å². The molecule has 1 aromatic rings. The van der Waals surface area contributed by atoms with Gasteiger partial charge in [-0.2, -0.15) is 0 Å². The van der Waals surface area contributed by atoms with Crippen LogP contribution in [0.25, 0.3) is 0 Å². The van der Waals surface area contributed by atoms with E-state index in [2.05, 4.69) is 41.1 Å². The van der Waals surface area contributed by atoms with Gasteiger partial charge in [0.1, 0.15) is 0 Å². The second-order valence-electron chi connectivity index (χ2n) is 3.49. The average Bonchev–Trinajstić information content (AvgIpc) is 2.54. The van der Waals surface area contributed by atoms with Crippen LogP contribution in [-0.4, -0.2) is 23.8 Å². The van der Waals surface area contributed by atoms with Gasteiger partial charge in [0.05, 0.1) is 12.9 Å². The maximum Gasteiger partial charge on any atom is 0.0856 e. The Morgan fingerprint density at radius 1 is 1.38 bits per heavy atom. The molecule has 0 unspecified atom stereocenters. The van der Waals surface area contributed by atoms with E-state index in [0.29, 0.717) is 6.04 Å². The summed E-state index contributed by atoms with van der Waals surface area (Å²) in [7, 11) is 0. The predicted octanol–water partition coefficient (Wildman–Crippen LogP) is 1.92. The van der Waals surface area contributed by atoms with Crippen molar-refractivity contribution < 1.29 is 0 Å². The molecule has 1 heterocycles. The monoisotopic (exact) mass is 174 g/mol. The standard InChI is InChI=1S/C11H14N2/c1-10-7-12-9-13(10)8-11-5-3-2-4-6-11/h2-6,9-10H,7-8H2,1H3/t10-/m1/s1. The molecule has 0 saturated carbocycles. The van der Waals surface area contributed by atoms with E-state index in [4.69, 9.17) is 0 Å². The van der Waals surface area contributed by atoms with Crippen molar-refractivity contribution in [2.24, 2.45) is 4.99 Å². The summed E-state index contributed by atoms with van der Waals surface area (Å²) in [5, 5.41) is 0. The van der Waals surface area contributed by atoms with Crippen LogP contribution in [0.5, 0.6) is 0 Å². The van der Waals surface area contributed by atoms with Crippen molar-refractivity contribution in [3.63, 3.8) is 0 Å². The molecule has 0 aromatic heterocycles. The first-order valence-electron chi connectivity index (χ1n) is 4.66. The van der Waals surface area contributed by atoms with E-state index in [1.165, 1.54) is 5.56 Å². The zero-order valence-electron chi connectivity index (χ0n) is 7.85. The summed E-state index contributed by atoms with van der Waals surface area (Å²) in [6.07, 6.45) is 1.96. The molecule has 0 radical (unpaired) electrons. The van der Waals surface area contributed by atoms with Gasteiger partial charge >= 0.3 is 0 Å². The van der Waals surface area contributed by atoms with Gasteiger partial charge in [0, 0.05) is 12.6 Å². The predicted molar refractivity (Wildman–Crippen MR) is 54.8 cm³/mol. The van der Waals surface area contributed by atoms with Crippen LogP contribution in [0.2, 0.25) is 0 Å². The number of hydrogen-bond donors (Lipinski definition) is 0. The Morgan fingerprint density at radius 3 is 2.77 bits per heavy atom. The molecule has 2 nitrogen and oxygen atoms in total. The molecule has 0 bridgehead atoms. The molecule has 68 valence electrons. The van der Waals surface area contributed by atoms with E-state index in [1.54, 1.807) is 0 Å². The van der Waals surface area contributed by atoms with Crippen molar-refractivity contribution in [3.05, 3.63) is 35.9 Å². The first-order chi connectivity index (χ1) is 6.36. The third kappa shape index (κ3) is 1.89. The summed E-state index contributed by atoms with van der Waals surface area (Å²) in [6, 6.07) is 11.1. The van der Waals surface area contributed by atoms with Gasteiger partial charge in [-0.05, 0) is 12.5 Å². The summed E-state index contributed by atoms with van der Waals surface area (Å²) in [5.74, 6) is 0. The Labute approximate surface area is 78.9 Å². The highest BCUT2D eigenvalue weighted by atomic mass is 15.2. The summed E-state index contributed by atoms with van der Waals surface area (Å²) < 4.78 is 0. The number of hydrogen-bond acceptors (Lipinski definition) is 2. The Hall–Kier alpha value is -1.31. The molecule has 0 aliphatic carbocycles. The van der Waals surface area contributed by atoms with Crippen molar-refractivity contribution in [3.8, 4) is 0 Å². The highest BCUT2D eigenvalue weighted by Gasteiger charge is 2.14. The molecule has 1 aliphatic heterocycles. The van der Waals surface area contributed by atoms with Gasteiger partial charge < -0.3 is 4.90 Å². The maximum absolute atomic E-state index is 4.24. The molecular formula is C11H14N2. The highest BCUT2D eigenvalue weighted by molar-refractivity contribution is 5.58. The lowest BCUT2D eigenvalue weighted by Crippen LogP contribution is -2.27. The second kappa shape index (κ2) is 3.60. The van der Waals surface area contributed by atoms with E-state index in [1.807, 2.05) is 12.4 Å². The minimum absolute atomic E-state index is 0.556.